The highest BCUT2D eigenvalue weighted by atomic mass is 32.2. The van der Waals surface area contributed by atoms with Gasteiger partial charge in [-0.25, -0.2) is 4.39 Å². The summed E-state index contributed by atoms with van der Waals surface area (Å²) in [6, 6.07) is 7.19. The molecule has 0 atom stereocenters. The molecule has 0 saturated carbocycles. The third-order valence-corrected chi connectivity index (χ3v) is 3.58. The fraction of sp³-hybridized carbons (Fsp3) is 0.200. The number of nitrogens with zero attached hydrogens (tertiary/aromatic N) is 1. The molecule has 0 saturated heterocycles. The van der Waals surface area contributed by atoms with E-state index < -0.39 is 30.2 Å². The molecule has 0 fully saturated rings. The van der Waals surface area contributed by atoms with E-state index in [1.807, 2.05) is 0 Å². The summed E-state index contributed by atoms with van der Waals surface area (Å²) < 4.78 is 22.6. The van der Waals surface area contributed by atoms with E-state index in [4.69, 9.17) is 4.74 Å². The maximum atomic E-state index is 13.4. The molecule has 1 heterocycles. The number of rotatable bonds is 8. The van der Waals surface area contributed by atoms with Gasteiger partial charge in [-0.05, 0) is 12.1 Å². The number of para-hydroxylation sites is 1. The maximum absolute atomic E-state index is 13.4. The van der Waals surface area contributed by atoms with Gasteiger partial charge in [-0.1, -0.05) is 17.3 Å². The monoisotopic (exact) mass is 367 g/mol. The van der Waals surface area contributed by atoms with Crippen LogP contribution in [0.2, 0.25) is 0 Å². The molecular formula is C15H14FN3O5S. The standard InChI is InChI=1S/C15H14FN3O5S/c16-10-3-1-2-4-11(10)17-14(21)8-25-9-15(22)23-7-13(20)18-12-5-6-24-19-12/h1-6H,7-9H2,(H,17,21)(H,18,19,20). The van der Waals surface area contributed by atoms with Crippen molar-refractivity contribution in [2.75, 3.05) is 28.7 Å². The SMILES string of the molecule is O=C(COC(=O)CSCC(=O)Nc1ccccc1F)Nc1ccon1. The number of esters is 1. The topological polar surface area (TPSA) is 111 Å². The van der Waals surface area contributed by atoms with Crippen LogP contribution in [-0.2, 0) is 19.1 Å². The molecule has 2 N–H and O–H groups in total. The molecule has 132 valence electrons. The highest BCUT2D eigenvalue weighted by molar-refractivity contribution is 8.00. The van der Waals surface area contributed by atoms with E-state index in [9.17, 15) is 18.8 Å². The minimum absolute atomic E-state index is 0.0609. The number of hydrogen-bond acceptors (Lipinski definition) is 7. The van der Waals surface area contributed by atoms with Gasteiger partial charge in [0.05, 0.1) is 17.2 Å². The molecule has 8 nitrogen and oxygen atoms in total. The Morgan fingerprint density at radius 2 is 1.92 bits per heavy atom. The molecule has 0 aliphatic heterocycles. The van der Waals surface area contributed by atoms with Crippen LogP contribution in [0.25, 0.3) is 0 Å². The smallest absolute Gasteiger partial charge is 0.316 e. The number of carbonyl (C=O) groups excluding carboxylic acids is 3. The predicted octanol–water partition coefficient (Wildman–Crippen LogP) is 1.67. The van der Waals surface area contributed by atoms with E-state index >= 15 is 0 Å². The number of carbonyl (C=O) groups is 3. The number of halogens is 1. The van der Waals surface area contributed by atoms with Crippen LogP contribution in [0.15, 0.2) is 41.1 Å². The second kappa shape index (κ2) is 9.42. The van der Waals surface area contributed by atoms with Gasteiger partial charge in [0.25, 0.3) is 5.91 Å². The maximum Gasteiger partial charge on any atom is 0.316 e. The van der Waals surface area contributed by atoms with Gasteiger partial charge >= 0.3 is 5.97 Å². The molecule has 2 rings (SSSR count). The van der Waals surface area contributed by atoms with Gasteiger partial charge in [0.15, 0.2) is 12.4 Å². The Morgan fingerprint density at radius 3 is 2.64 bits per heavy atom. The highest BCUT2D eigenvalue weighted by Gasteiger charge is 2.11. The summed E-state index contributed by atoms with van der Waals surface area (Å²) in [5.74, 6) is -2.19. The average Bonchev–Trinajstić information content (AvgIpc) is 3.08. The van der Waals surface area contributed by atoms with Crippen LogP contribution in [0.3, 0.4) is 0 Å². The molecule has 2 aromatic rings. The number of benzene rings is 1. The normalized spacial score (nSPS) is 10.1. The van der Waals surface area contributed by atoms with Crippen molar-refractivity contribution in [3.63, 3.8) is 0 Å². The van der Waals surface area contributed by atoms with Crippen LogP contribution < -0.4 is 10.6 Å². The molecule has 0 bridgehead atoms. The van der Waals surface area contributed by atoms with E-state index in [1.54, 1.807) is 6.07 Å². The van der Waals surface area contributed by atoms with Crippen molar-refractivity contribution in [2.24, 2.45) is 0 Å². The van der Waals surface area contributed by atoms with Crippen molar-refractivity contribution >= 4 is 41.1 Å². The number of amides is 2. The van der Waals surface area contributed by atoms with Gasteiger partial charge in [-0.15, -0.1) is 11.8 Å². The van der Waals surface area contributed by atoms with E-state index in [2.05, 4.69) is 20.3 Å². The first-order valence-electron chi connectivity index (χ1n) is 7.02. The lowest BCUT2D eigenvalue weighted by Crippen LogP contribution is -2.22. The van der Waals surface area contributed by atoms with Gasteiger partial charge in [0.2, 0.25) is 5.91 Å². The summed E-state index contributed by atoms with van der Waals surface area (Å²) in [4.78, 5) is 34.6. The van der Waals surface area contributed by atoms with Crippen LogP contribution in [-0.4, -0.2) is 41.1 Å². The Hall–Kier alpha value is -2.88. The number of ether oxygens (including phenoxy) is 1. The second-order valence-electron chi connectivity index (χ2n) is 4.61. The molecule has 0 aliphatic carbocycles. The Balaban J connectivity index is 1.61. The van der Waals surface area contributed by atoms with Gasteiger partial charge in [0.1, 0.15) is 12.1 Å². The molecule has 2 amide bonds. The van der Waals surface area contributed by atoms with Crippen LogP contribution in [0.1, 0.15) is 0 Å². The van der Waals surface area contributed by atoms with Crippen LogP contribution in [0.4, 0.5) is 15.9 Å². The predicted molar refractivity (Wildman–Crippen MR) is 88.4 cm³/mol. The molecule has 25 heavy (non-hydrogen) atoms. The summed E-state index contributed by atoms with van der Waals surface area (Å²) >= 11 is 0.984. The van der Waals surface area contributed by atoms with E-state index in [0.29, 0.717) is 0 Å². The molecule has 0 radical (unpaired) electrons. The number of thioether (sulfide) groups is 1. The first-order valence-corrected chi connectivity index (χ1v) is 8.18. The molecule has 10 heteroatoms. The minimum Gasteiger partial charge on any atom is -0.455 e. The lowest BCUT2D eigenvalue weighted by atomic mass is 10.3. The zero-order valence-corrected chi connectivity index (χ0v) is 13.7. The highest BCUT2D eigenvalue weighted by Crippen LogP contribution is 2.13. The second-order valence-corrected chi connectivity index (χ2v) is 5.60. The fourth-order valence-electron chi connectivity index (χ4n) is 1.62. The number of hydrogen-bond donors (Lipinski definition) is 2. The van der Waals surface area contributed by atoms with Crippen molar-refractivity contribution in [1.29, 1.82) is 0 Å². The first kappa shape index (κ1) is 18.5. The Labute approximate surface area is 146 Å². The Morgan fingerprint density at radius 1 is 1.12 bits per heavy atom. The van der Waals surface area contributed by atoms with Crippen molar-refractivity contribution in [1.82, 2.24) is 5.16 Å². The summed E-state index contributed by atoms with van der Waals surface area (Å²) in [6.07, 6.45) is 1.28. The number of anilines is 2. The summed E-state index contributed by atoms with van der Waals surface area (Å²) in [5.41, 5.74) is 0.0696. The zero-order valence-electron chi connectivity index (χ0n) is 12.9. The van der Waals surface area contributed by atoms with Crippen molar-refractivity contribution in [3.8, 4) is 0 Å². The van der Waals surface area contributed by atoms with Crippen molar-refractivity contribution in [2.45, 2.75) is 0 Å². The molecule has 0 unspecified atom stereocenters. The first-order chi connectivity index (χ1) is 12.0. The quantitative estimate of drug-likeness (QED) is 0.683. The summed E-state index contributed by atoms with van der Waals surface area (Å²) in [6.45, 7) is -0.478. The Bertz CT molecular complexity index is 739. The molecule has 0 spiro atoms. The lowest BCUT2D eigenvalue weighted by Gasteiger charge is -2.06. The molecule has 1 aromatic heterocycles. The number of nitrogens with one attached hydrogen (secondary N) is 2. The third-order valence-electron chi connectivity index (χ3n) is 2.67. The van der Waals surface area contributed by atoms with Gasteiger partial charge in [0, 0.05) is 6.07 Å². The van der Waals surface area contributed by atoms with Crippen LogP contribution >= 0.6 is 11.8 Å². The number of aromatic nitrogens is 1. The van der Waals surface area contributed by atoms with E-state index in [1.165, 1.54) is 30.5 Å². The third kappa shape index (κ3) is 6.63. The zero-order chi connectivity index (χ0) is 18.1. The van der Waals surface area contributed by atoms with Crippen LogP contribution in [0.5, 0.6) is 0 Å². The lowest BCUT2D eigenvalue weighted by molar-refractivity contribution is -0.144. The van der Waals surface area contributed by atoms with Crippen molar-refractivity contribution < 1.29 is 28.0 Å². The van der Waals surface area contributed by atoms with E-state index in [-0.39, 0.29) is 23.0 Å². The summed E-state index contributed by atoms with van der Waals surface area (Å²) in [5, 5.41) is 8.22. The van der Waals surface area contributed by atoms with Crippen LogP contribution in [0, 0.1) is 5.82 Å². The van der Waals surface area contributed by atoms with E-state index in [0.717, 1.165) is 11.8 Å². The minimum atomic E-state index is -0.654. The van der Waals surface area contributed by atoms with Gasteiger partial charge in [-0.3, -0.25) is 14.4 Å². The molecule has 0 aliphatic rings. The van der Waals surface area contributed by atoms with Gasteiger partial charge in [-0.2, -0.15) is 0 Å². The van der Waals surface area contributed by atoms with Gasteiger partial charge < -0.3 is 19.9 Å². The fourth-order valence-corrected chi connectivity index (χ4v) is 2.23. The molecule has 1 aromatic carbocycles. The average molecular weight is 367 g/mol. The Kier molecular flexibility index (Phi) is 6.96. The van der Waals surface area contributed by atoms with Crippen molar-refractivity contribution in [3.05, 3.63) is 42.4 Å². The molecular weight excluding hydrogens is 353 g/mol. The summed E-state index contributed by atoms with van der Waals surface area (Å²) in [7, 11) is 0. The largest absolute Gasteiger partial charge is 0.455 e.